The van der Waals surface area contributed by atoms with E-state index in [4.69, 9.17) is 0 Å². The van der Waals surface area contributed by atoms with Crippen LogP contribution in [-0.2, 0) is 12.1 Å². The number of hydrogen-bond acceptors (Lipinski definition) is 0. The number of alkyl halides is 1. The van der Waals surface area contributed by atoms with Crippen molar-refractivity contribution in [2.45, 2.75) is 25.4 Å². The van der Waals surface area contributed by atoms with Crippen molar-refractivity contribution in [2.75, 3.05) is 0 Å². The summed E-state index contributed by atoms with van der Waals surface area (Å²) in [5.41, 5.74) is -0.234. The van der Waals surface area contributed by atoms with Crippen molar-refractivity contribution in [1.29, 1.82) is 0 Å². The highest BCUT2D eigenvalue weighted by Gasteiger charge is 2.35. The van der Waals surface area contributed by atoms with Crippen molar-refractivity contribution < 1.29 is 8.78 Å². The molecule has 1 aliphatic carbocycles. The topological polar surface area (TPSA) is 0 Å². The molecule has 0 fully saturated rings. The fourth-order valence-electron chi connectivity index (χ4n) is 1.80. The molecule has 0 spiro atoms. The van der Waals surface area contributed by atoms with Gasteiger partial charge >= 0.3 is 0 Å². The van der Waals surface area contributed by atoms with Crippen LogP contribution in [0.5, 0.6) is 0 Å². The van der Waals surface area contributed by atoms with Crippen LogP contribution in [0.15, 0.2) is 18.2 Å². The highest BCUT2D eigenvalue weighted by molar-refractivity contribution is 5.37. The number of halogens is 2. The van der Waals surface area contributed by atoms with Crippen LogP contribution in [0.25, 0.3) is 0 Å². The Kier molecular flexibility index (Phi) is 1.47. The third-order valence-electron chi connectivity index (χ3n) is 2.52. The Morgan fingerprint density at radius 2 is 2.17 bits per heavy atom. The molecule has 2 heteroatoms. The summed E-state index contributed by atoms with van der Waals surface area (Å²) >= 11 is 0. The van der Waals surface area contributed by atoms with Crippen molar-refractivity contribution in [3.05, 3.63) is 35.1 Å². The summed E-state index contributed by atoms with van der Waals surface area (Å²) in [5.74, 6) is -0.270. The molecule has 0 amide bonds. The van der Waals surface area contributed by atoms with E-state index in [-0.39, 0.29) is 5.82 Å². The van der Waals surface area contributed by atoms with Crippen molar-refractivity contribution in [3.63, 3.8) is 0 Å². The Bertz CT molecular complexity index is 316. The lowest BCUT2D eigenvalue weighted by atomic mass is 10.0. The fourth-order valence-corrected chi connectivity index (χ4v) is 1.80. The second kappa shape index (κ2) is 2.28. The maximum absolute atomic E-state index is 13.6. The predicted octanol–water partition coefficient (Wildman–Crippen LogP) is 2.96. The van der Waals surface area contributed by atoms with E-state index < -0.39 is 5.67 Å². The van der Waals surface area contributed by atoms with E-state index >= 15 is 0 Å². The third-order valence-corrected chi connectivity index (χ3v) is 2.52. The average Bonchev–Trinajstić information content (AvgIpc) is 2.30. The quantitative estimate of drug-likeness (QED) is 0.558. The zero-order chi connectivity index (χ0) is 8.77. The van der Waals surface area contributed by atoms with Gasteiger partial charge in [0.25, 0.3) is 0 Å². The van der Waals surface area contributed by atoms with E-state index in [1.807, 2.05) is 0 Å². The van der Waals surface area contributed by atoms with Gasteiger partial charge < -0.3 is 0 Å². The van der Waals surface area contributed by atoms with E-state index in [0.717, 1.165) is 0 Å². The van der Waals surface area contributed by atoms with Crippen LogP contribution in [-0.4, -0.2) is 0 Å². The Hall–Kier alpha value is -0.920. The predicted molar refractivity (Wildman–Crippen MR) is 43.2 cm³/mol. The molecule has 12 heavy (non-hydrogen) atoms. The molecule has 1 aromatic rings. The van der Waals surface area contributed by atoms with Gasteiger partial charge in [0.1, 0.15) is 11.5 Å². The number of benzene rings is 1. The molecule has 0 saturated carbocycles. The van der Waals surface area contributed by atoms with Gasteiger partial charge in [0.15, 0.2) is 0 Å². The molecule has 0 heterocycles. The Morgan fingerprint density at radius 3 is 2.83 bits per heavy atom. The molecule has 64 valence electrons. The van der Waals surface area contributed by atoms with Crippen molar-refractivity contribution in [1.82, 2.24) is 0 Å². The molecule has 0 nitrogen and oxygen atoms in total. The molecule has 0 radical (unpaired) electrons. The number of hydrogen-bond donors (Lipinski definition) is 0. The molecule has 2 rings (SSSR count). The SMILES string of the molecule is CC1(F)CCc2c(F)cccc21. The highest BCUT2D eigenvalue weighted by Crippen LogP contribution is 2.40. The second-order valence-corrected chi connectivity index (χ2v) is 3.46. The van der Waals surface area contributed by atoms with Gasteiger partial charge in [-0.05, 0) is 37.0 Å². The molecule has 0 saturated heterocycles. The molecular formula is C10H10F2. The Balaban J connectivity index is 2.61. The van der Waals surface area contributed by atoms with Crippen LogP contribution in [0.3, 0.4) is 0 Å². The lowest BCUT2D eigenvalue weighted by Crippen LogP contribution is -2.09. The maximum atomic E-state index is 13.6. The van der Waals surface area contributed by atoms with Gasteiger partial charge in [-0.25, -0.2) is 8.78 Å². The molecule has 0 aliphatic heterocycles. The van der Waals surface area contributed by atoms with Gasteiger partial charge in [0, 0.05) is 0 Å². The monoisotopic (exact) mass is 168 g/mol. The number of fused-ring (bicyclic) bond motifs is 1. The van der Waals surface area contributed by atoms with Gasteiger partial charge in [-0.15, -0.1) is 0 Å². The number of rotatable bonds is 0. The van der Waals surface area contributed by atoms with Crippen molar-refractivity contribution >= 4 is 0 Å². The molecule has 0 aromatic heterocycles. The van der Waals surface area contributed by atoms with E-state index in [0.29, 0.717) is 24.0 Å². The van der Waals surface area contributed by atoms with Gasteiger partial charge in [-0.2, -0.15) is 0 Å². The van der Waals surface area contributed by atoms with Crippen LogP contribution < -0.4 is 0 Å². The average molecular weight is 168 g/mol. The van der Waals surface area contributed by atoms with Gasteiger partial charge in [-0.3, -0.25) is 0 Å². The first-order valence-corrected chi connectivity index (χ1v) is 4.08. The second-order valence-electron chi connectivity index (χ2n) is 3.46. The minimum atomic E-state index is -1.32. The summed E-state index contributed by atoms with van der Waals surface area (Å²) in [4.78, 5) is 0. The zero-order valence-corrected chi connectivity index (χ0v) is 6.90. The van der Waals surface area contributed by atoms with E-state index in [9.17, 15) is 8.78 Å². The first-order valence-electron chi connectivity index (χ1n) is 4.08. The van der Waals surface area contributed by atoms with E-state index in [1.165, 1.54) is 13.0 Å². The van der Waals surface area contributed by atoms with Gasteiger partial charge in [0.2, 0.25) is 0 Å². The summed E-state index contributed by atoms with van der Waals surface area (Å²) < 4.78 is 26.7. The lowest BCUT2D eigenvalue weighted by Gasteiger charge is -2.13. The van der Waals surface area contributed by atoms with Gasteiger partial charge in [-0.1, -0.05) is 12.1 Å². The van der Waals surface area contributed by atoms with Crippen molar-refractivity contribution in [2.24, 2.45) is 0 Å². The van der Waals surface area contributed by atoms with E-state index in [1.54, 1.807) is 12.1 Å². The largest absolute Gasteiger partial charge is 0.239 e. The van der Waals surface area contributed by atoms with Crippen LogP contribution in [0, 0.1) is 5.82 Å². The third kappa shape index (κ3) is 0.942. The summed E-state index contributed by atoms with van der Waals surface area (Å²) in [5, 5.41) is 0. The smallest absolute Gasteiger partial charge is 0.133 e. The molecule has 0 N–H and O–H groups in total. The molecule has 1 aliphatic rings. The Morgan fingerprint density at radius 1 is 1.42 bits per heavy atom. The summed E-state index contributed by atoms with van der Waals surface area (Å²) in [6.07, 6.45) is 0.929. The van der Waals surface area contributed by atoms with E-state index in [2.05, 4.69) is 0 Å². The van der Waals surface area contributed by atoms with Gasteiger partial charge in [0.05, 0.1) is 0 Å². The molecule has 0 bridgehead atoms. The minimum absolute atomic E-state index is 0.270. The molecule has 1 unspecified atom stereocenters. The summed E-state index contributed by atoms with van der Waals surface area (Å²) in [6, 6.07) is 4.63. The Labute approximate surface area is 70.2 Å². The van der Waals surface area contributed by atoms with Crippen LogP contribution in [0.1, 0.15) is 24.5 Å². The normalized spacial score (nSPS) is 27.2. The minimum Gasteiger partial charge on any atom is -0.239 e. The van der Waals surface area contributed by atoms with Crippen LogP contribution in [0.4, 0.5) is 8.78 Å². The molecule has 1 atom stereocenters. The van der Waals surface area contributed by atoms with Crippen molar-refractivity contribution in [3.8, 4) is 0 Å². The standard InChI is InChI=1S/C10H10F2/c1-10(12)6-5-7-8(10)3-2-4-9(7)11/h2-4H,5-6H2,1H3. The zero-order valence-electron chi connectivity index (χ0n) is 6.90. The highest BCUT2D eigenvalue weighted by atomic mass is 19.1. The summed E-state index contributed by atoms with van der Waals surface area (Å²) in [6.45, 7) is 1.51. The first kappa shape index (κ1) is 7.71. The van der Waals surface area contributed by atoms with Crippen LogP contribution in [0.2, 0.25) is 0 Å². The first-order chi connectivity index (χ1) is 5.61. The lowest BCUT2D eigenvalue weighted by molar-refractivity contribution is 0.194. The molecular weight excluding hydrogens is 158 g/mol. The fraction of sp³-hybridized carbons (Fsp3) is 0.400. The molecule has 1 aromatic carbocycles. The van der Waals surface area contributed by atoms with Crippen LogP contribution >= 0.6 is 0 Å². The maximum Gasteiger partial charge on any atom is 0.133 e. The summed E-state index contributed by atoms with van der Waals surface area (Å²) in [7, 11) is 0.